The molecule has 6 heteroatoms. The van der Waals surface area contributed by atoms with Gasteiger partial charge < -0.3 is 15.2 Å². The molecule has 0 aliphatic rings. The lowest BCUT2D eigenvalue weighted by Gasteiger charge is -2.21. The minimum atomic E-state index is -0.893. The molecule has 0 bridgehead atoms. The van der Waals surface area contributed by atoms with Crippen molar-refractivity contribution in [3.63, 3.8) is 0 Å². The Hall–Kier alpha value is -3.77. The fraction of sp³-hybridized carbons (Fsp3) is 0.303. The first kappa shape index (κ1) is 28.2. The summed E-state index contributed by atoms with van der Waals surface area (Å²) in [6.45, 7) is 5.35. The van der Waals surface area contributed by atoms with E-state index < -0.39 is 5.97 Å². The molecule has 4 aromatic carbocycles. The Labute approximate surface area is 228 Å². The van der Waals surface area contributed by atoms with E-state index in [-0.39, 0.29) is 29.9 Å². The van der Waals surface area contributed by atoms with Gasteiger partial charge in [0.05, 0.1) is 13.5 Å². The van der Waals surface area contributed by atoms with Gasteiger partial charge in [0.1, 0.15) is 17.4 Å². The highest BCUT2D eigenvalue weighted by molar-refractivity contribution is 5.97. The summed E-state index contributed by atoms with van der Waals surface area (Å²) in [6.07, 6.45) is 1.39. The molecule has 0 radical (unpaired) electrons. The molecule has 0 amide bonds. The normalized spacial score (nSPS) is 12.2. The first-order chi connectivity index (χ1) is 18.7. The van der Waals surface area contributed by atoms with Crippen molar-refractivity contribution in [3.8, 4) is 16.9 Å². The molecule has 0 aromatic heterocycles. The predicted octanol–water partition coefficient (Wildman–Crippen LogP) is 7.38. The maximum Gasteiger partial charge on any atom is 0.303 e. The van der Waals surface area contributed by atoms with Gasteiger partial charge in [-0.05, 0) is 101 Å². The van der Waals surface area contributed by atoms with Crippen LogP contribution in [0, 0.1) is 17.6 Å². The van der Waals surface area contributed by atoms with Crippen LogP contribution >= 0.6 is 0 Å². The number of nitrogens with one attached hydrogen (secondary N) is 1. The van der Waals surface area contributed by atoms with E-state index in [1.807, 2.05) is 44.2 Å². The van der Waals surface area contributed by atoms with E-state index in [9.17, 15) is 18.7 Å². The number of ether oxygens (including phenoxy) is 1. The quantitative estimate of drug-likeness (QED) is 0.187. The summed E-state index contributed by atoms with van der Waals surface area (Å²) < 4.78 is 33.8. The fourth-order valence-electron chi connectivity index (χ4n) is 5.14. The van der Waals surface area contributed by atoms with E-state index in [4.69, 9.17) is 4.74 Å². The maximum absolute atomic E-state index is 14.9. The zero-order chi connectivity index (χ0) is 27.9. The minimum absolute atomic E-state index is 0.0462. The summed E-state index contributed by atoms with van der Waals surface area (Å²) in [5.41, 5.74) is 4.35. The molecule has 4 rings (SSSR count). The molecule has 1 unspecified atom stereocenters. The topological polar surface area (TPSA) is 58.6 Å². The van der Waals surface area contributed by atoms with E-state index in [1.165, 1.54) is 31.4 Å². The molecule has 0 heterocycles. The number of benzene rings is 4. The molecule has 0 saturated carbocycles. The van der Waals surface area contributed by atoms with Crippen LogP contribution in [0.1, 0.15) is 42.9 Å². The number of aliphatic carboxylic acids is 1. The van der Waals surface area contributed by atoms with Crippen molar-refractivity contribution in [2.45, 2.75) is 39.0 Å². The highest BCUT2D eigenvalue weighted by atomic mass is 19.1. The van der Waals surface area contributed by atoms with Crippen LogP contribution < -0.4 is 10.1 Å². The third-order valence-corrected chi connectivity index (χ3v) is 7.13. The number of methoxy groups -OCH3 is 1. The average Bonchev–Trinajstić information content (AvgIpc) is 2.90. The Balaban J connectivity index is 1.55. The van der Waals surface area contributed by atoms with E-state index in [0.29, 0.717) is 24.3 Å². The number of carboxylic acid groups (broad SMARTS) is 1. The van der Waals surface area contributed by atoms with Crippen LogP contribution in [0.2, 0.25) is 0 Å². The summed E-state index contributed by atoms with van der Waals surface area (Å²) >= 11 is 0. The number of carbonyl (C=O) groups is 1. The second-order valence-corrected chi connectivity index (χ2v) is 10.3. The standard InChI is InChI=1S/C33H35F2NO3/c1-21(2)31(20-33(37)38)25-16-26(18-28(35)17-25)32-15-22(12-24-6-4-5-7-30(24)32)8-10-36-11-9-23-13-27(34)19-29(14-23)39-3/h4-7,12-19,21,31,36H,8-11,20H2,1-3H3,(H,37,38). The molecule has 0 aliphatic heterocycles. The van der Waals surface area contributed by atoms with Crippen molar-refractivity contribution >= 4 is 16.7 Å². The van der Waals surface area contributed by atoms with Crippen LogP contribution in [0.5, 0.6) is 5.75 Å². The lowest BCUT2D eigenvalue weighted by molar-refractivity contribution is -0.137. The van der Waals surface area contributed by atoms with Crippen molar-refractivity contribution in [1.29, 1.82) is 0 Å². The van der Waals surface area contributed by atoms with Crippen LogP contribution in [0.3, 0.4) is 0 Å². The molecule has 0 fully saturated rings. The molecule has 0 saturated heterocycles. The van der Waals surface area contributed by atoms with Crippen molar-refractivity contribution in [1.82, 2.24) is 5.32 Å². The molecule has 0 spiro atoms. The minimum Gasteiger partial charge on any atom is -0.497 e. The first-order valence-corrected chi connectivity index (χ1v) is 13.3. The highest BCUT2D eigenvalue weighted by Gasteiger charge is 2.21. The number of hydrogen-bond donors (Lipinski definition) is 2. The van der Waals surface area contributed by atoms with Crippen LogP contribution in [-0.2, 0) is 17.6 Å². The summed E-state index contributed by atoms with van der Waals surface area (Å²) in [5.74, 6) is -1.29. The van der Waals surface area contributed by atoms with Gasteiger partial charge in [0.15, 0.2) is 0 Å². The van der Waals surface area contributed by atoms with Gasteiger partial charge in [-0.25, -0.2) is 8.78 Å². The maximum atomic E-state index is 14.9. The zero-order valence-electron chi connectivity index (χ0n) is 22.6. The van der Waals surface area contributed by atoms with Gasteiger partial charge >= 0.3 is 5.97 Å². The Kier molecular flexibility index (Phi) is 9.31. The third kappa shape index (κ3) is 7.42. The number of rotatable bonds is 12. The van der Waals surface area contributed by atoms with Crippen molar-refractivity contribution in [2.75, 3.05) is 20.2 Å². The lowest BCUT2D eigenvalue weighted by atomic mass is 9.84. The van der Waals surface area contributed by atoms with Crippen molar-refractivity contribution in [3.05, 3.63) is 101 Å². The van der Waals surface area contributed by atoms with Crippen LogP contribution in [0.4, 0.5) is 8.78 Å². The summed E-state index contributed by atoms with van der Waals surface area (Å²) in [4.78, 5) is 11.5. The molecule has 204 valence electrons. The molecule has 4 aromatic rings. The van der Waals surface area contributed by atoms with Crippen molar-refractivity contribution in [2.24, 2.45) is 5.92 Å². The third-order valence-electron chi connectivity index (χ3n) is 7.13. The van der Waals surface area contributed by atoms with Crippen LogP contribution in [0.25, 0.3) is 21.9 Å². The Morgan fingerprint density at radius 1 is 0.897 bits per heavy atom. The molecule has 1 atom stereocenters. The molecular formula is C33H35F2NO3. The molecule has 2 N–H and O–H groups in total. The zero-order valence-corrected chi connectivity index (χ0v) is 22.6. The van der Waals surface area contributed by atoms with E-state index in [1.54, 1.807) is 0 Å². The van der Waals surface area contributed by atoms with Crippen molar-refractivity contribution < 1.29 is 23.4 Å². The molecule has 39 heavy (non-hydrogen) atoms. The van der Waals surface area contributed by atoms with Gasteiger partial charge in [0.25, 0.3) is 0 Å². The summed E-state index contributed by atoms with van der Waals surface area (Å²) in [7, 11) is 1.53. The average molecular weight is 532 g/mol. The van der Waals surface area contributed by atoms with E-state index in [2.05, 4.69) is 23.5 Å². The van der Waals surface area contributed by atoms with Crippen LogP contribution in [0.15, 0.2) is 72.8 Å². The molecular weight excluding hydrogens is 496 g/mol. The smallest absolute Gasteiger partial charge is 0.303 e. The lowest BCUT2D eigenvalue weighted by Crippen LogP contribution is -2.20. The van der Waals surface area contributed by atoms with Gasteiger partial charge in [-0.15, -0.1) is 0 Å². The Morgan fingerprint density at radius 3 is 2.28 bits per heavy atom. The largest absolute Gasteiger partial charge is 0.497 e. The molecule has 0 aliphatic carbocycles. The van der Waals surface area contributed by atoms with Gasteiger partial charge in [-0.3, -0.25) is 4.79 Å². The predicted molar refractivity (Wildman–Crippen MR) is 152 cm³/mol. The van der Waals surface area contributed by atoms with Gasteiger partial charge in [0.2, 0.25) is 0 Å². The van der Waals surface area contributed by atoms with Crippen LogP contribution in [-0.4, -0.2) is 31.3 Å². The fourth-order valence-corrected chi connectivity index (χ4v) is 5.14. The van der Waals surface area contributed by atoms with Gasteiger partial charge in [-0.2, -0.15) is 0 Å². The number of halogens is 2. The SMILES string of the molecule is COc1cc(F)cc(CCNCCc2cc(-c3cc(F)cc(C(CC(=O)O)C(C)C)c3)c3ccccc3c2)c1. The highest BCUT2D eigenvalue weighted by Crippen LogP contribution is 2.35. The molecule has 4 nitrogen and oxygen atoms in total. The first-order valence-electron chi connectivity index (χ1n) is 13.3. The number of hydrogen-bond acceptors (Lipinski definition) is 3. The van der Waals surface area contributed by atoms with Gasteiger partial charge in [-0.1, -0.05) is 56.3 Å². The van der Waals surface area contributed by atoms with Gasteiger partial charge in [0, 0.05) is 6.07 Å². The summed E-state index contributed by atoms with van der Waals surface area (Å²) in [5, 5.41) is 14.9. The summed E-state index contributed by atoms with van der Waals surface area (Å²) in [6, 6.07) is 21.9. The Bertz CT molecular complexity index is 1450. The number of carboxylic acids is 1. The van der Waals surface area contributed by atoms with E-state index >= 15 is 0 Å². The monoisotopic (exact) mass is 531 g/mol. The Morgan fingerprint density at radius 2 is 1.59 bits per heavy atom. The second-order valence-electron chi connectivity index (χ2n) is 10.3. The number of fused-ring (bicyclic) bond motifs is 1. The second kappa shape index (κ2) is 12.9. The van der Waals surface area contributed by atoms with E-state index in [0.717, 1.165) is 46.0 Å².